The summed E-state index contributed by atoms with van der Waals surface area (Å²) >= 11 is 0. The molecule has 3 aromatic carbocycles. The molecule has 0 aliphatic rings. The first kappa shape index (κ1) is 16.8. The lowest BCUT2D eigenvalue weighted by Gasteiger charge is -2.13. The van der Waals surface area contributed by atoms with Crippen molar-refractivity contribution in [2.75, 3.05) is 5.32 Å². The number of fused-ring (bicyclic) bond motifs is 2. The normalized spacial score (nSPS) is 12.0. The van der Waals surface area contributed by atoms with Crippen LogP contribution in [0.5, 0.6) is 0 Å². The SMILES string of the molecule is C[C@@H](OC(=O)c1n[nH]c2ccccc12)C(=O)Nc1ccc2ccccc2c1. The van der Waals surface area contributed by atoms with Crippen LogP contribution in [-0.4, -0.2) is 28.2 Å². The molecular formula is C21H17N3O3. The lowest BCUT2D eigenvalue weighted by atomic mass is 10.1. The van der Waals surface area contributed by atoms with Crippen molar-refractivity contribution in [2.45, 2.75) is 13.0 Å². The summed E-state index contributed by atoms with van der Waals surface area (Å²) in [7, 11) is 0. The number of benzene rings is 3. The van der Waals surface area contributed by atoms with E-state index in [2.05, 4.69) is 15.5 Å². The van der Waals surface area contributed by atoms with Gasteiger partial charge in [0.05, 0.1) is 5.52 Å². The van der Waals surface area contributed by atoms with Gasteiger partial charge in [0.2, 0.25) is 0 Å². The predicted molar refractivity (Wildman–Crippen MR) is 104 cm³/mol. The molecule has 0 aliphatic carbocycles. The van der Waals surface area contributed by atoms with E-state index in [9.17, 15) is 9.59 Å². The summed E-state index contributed by atoms with van der Waals surface area (Å²) in [5, 5.41) is 12.3. The Morgan fingerprint density at radius 1 is 1.00 bits per heavy atom. The number of carbonyl (C=O) groups is 2. The van der Waals surface area contributed by atoms with Crippen molar-refractivity contribution in [3.63, 3.8) is 0 Å². The number of anilines is 1. The number of nitrogens with one attached hydrogen (secondary N) is 2. The highest BCUT2D eigenvalue weighted by Crippen LogP contribution is 2.20. The molecule has 4 rings (SSSR count). The van der Waals surface area contributed by atoms with E-state index in [0.29, 0.717) is 11.1 Å². The molecule has 0 fully saturated rings. The monoisotopic (exact) mass is 359 g/mol. The Morgan fingerprint density at radius 2 is 1.74 bits per heavy atom. The van der Waals surface area contributed by atoms with Gasteiger partial charge < -0.3 is 10.1 Å². The second-order valence-corrected chi connectivity index (χ2v) is 6.22. The Hall–Kier alpha value is -3.67. The third-order valence-corrected chi connectivity index (χ3v) is 4.33. The van der Waals surface area contributed by atoms with E-state index in [0.717, 1.165) is 16.3 Å². The molecule has 6 heteroatoms. The lowest BCUT2D eigenvalue weighted by molar-refractivity contribution is -0.123. The van der Waals surface area contributed by atoms with E-state index < -0.39 is 18.0 Å². The summed E-state index contributed by atoms with van der Waals surface area (Å²) in [5.74, 6) is -1.05. The highest BCUT2D eigenvalue weighted by atomic mass is 16.5. The number of esters is 1. The highest BCUT2D eigenvalue weighted by Gasteiger charge is 2.22. The number of hydrogen-bond donors (Lipinski definition) is 2. The van der Waals surface area contributed by atoms with Gasteiger partial charge in [0.1, 0.15) is 0 Å². The van der Waals surface area contributed by atoms with Crippen LogP contribution in [0.3, 0.4) is 0 Å². The minimum absolute atomic E-state index is 0.163. The van der Waals surface area contributed by atoms with Crippen molar-refractivity contribution in [2.24, 2.45) is 0 Å². The van der Waals surface area contributed by atoms with Crippen LogP contribution in [0.1, 0.15) is 17.4 Å². The second kappa shape index (κ2) is 6.92. The van der Waals surface area contributed by atoms with Gasteiger partial charge in [0.25, 0.3) is 5.91 Å². The minimum Gasteiger partial charge on any atom is -0.448 e. The lowest BCUT2D eigenvalue weighted by Crippen LogP contribution is -2.30. The molecule has 0 spiro atoms. The molecule has 0 bridgehead atoms. The number of hydrogen-bond acceptors (Lipinski definition) is 4. The maximum absolute atomic E-state index is 12.4. The van der Waals surface area contributed by atoms with Gasteiger partial charge in [-0.15, -0.1) is 0 Å². The summed E-state index contributed by atoms with van der Waals surface area (Å²) in [5.41, 5.74) is 1.54. The Kier molecular flexibility index (Phi) is 4.30. The van der Waals surface area contributed by atoms with E-state index in [4.69, 9.17) is 4.74 Å². The first-order valence-corrected chi connectivity index (χ1v) is 8.55. The number of rotatable bonds is 4. The smallest absolute Gasteiger partial charge is 0.360 e. The number of amides is 1. The number of H-pyrrole nitrogens is 1. The molecule has 1 aromatic heterocycles. The maximum atomic E-state index is 12.4. The Morgan fingerprint density at radius 3 is 2.59 bits per heavy atom. The van der Waals surface area contributed by atoms with Crippen molar-refractivity contribution in [3.05, 3.63) is 72.4 Å². The van der Waals surface area contributed by atoms with E-state index in [-0.39, 0.29) is 5.69 Å². The molecular weight excluding hydrogens is 342 g/mol. The molecule has 0 radical (unpaired) electrons. The number of nitrogens with zero attached hydrogens (tertiary/aromatic N) is 1. The van der Waals surface area contributed by atoms with E-state index >= 15 is 0 Å². The zero-order valence-corrected chi connectivity index (χ0v) is 14.6. The van der Waals surface area contributed by atoms with E-state index in [1.807, 2.05) is 60.7 Å². The third-order valence-electron chi connectivity index (χ3n) is 4.33. The summed E-state index contributed by atoms with van der Waals surface area (Å²) in [6.07, 6.45) is -0.959. The Balaban J connectivity index is 1.46. The number of aromatic amines is 1. The van der Waals surface area contributed by atoms with Crippen LogP contribution in [0.25, 0.3) is 21.7 Å². The first-order chi connectivity index (χ1) is 13.1. The van der Waals surface area contributed by atoms with Crippen molar-refractivity contribution < 1.29 is 14.3 Å². The van der Waals surface area contributed by atoms with Crippen LogP contribution in [0.2, 0.25) is 0 Å². The zero-order valence-electron chi connectivity index (χ0n) is 14.6. The molecule has 6 nitrogen and oxygen atoms in total. The number of aromatic nitrogens is 2. The average molecular weight is 359 g/mol. The molecule has 4 aromatic rings. The summed E-state index contributed by atoms with van der Waals surface area (Å²) in [4.78, 5) is 24.8. The van der Waals surface area contributed by atoms with Crippen LogP contribution in [0.4, 0.5) is 5.69 Å². The Labute approximate surface area is 155 Å². The molecule has 0 saturated heterocycles. The molecule has 2 N–H and O–H groups in total. The quantitative estimate of drug-likeness (QED) is 0.541. The average Bonchev–Trinajstić information content (AvgIpc) is 3.12. The van der Waals surface area contributed by atoms with Crippen LogP contribution in [-0.2, 0) is 9.53 Å². The number of para-hydroxylation sites is 1. The largest absolute Gasteiger partial charge is 0.448 e. The van der Waals surface area contributed by atoms with Crippen LogP contribution >= 0.6 is 0 Å². The van der Waals surface area contributed by atoms with Gasteiger partial charge >= 0.3 is 5.97 Å². The maximum Gasteiger partial charge on any atom is 0.360 e. The van der Waals surface area contributed by atoms with Crippen molar-refractivity contribution in [1.29, 1.82) is 0 Å². The molecule has 0 aliphatic heterocycles. The van der Waals surface area contributed by atoms with Crippen LogP contribution in [0.15, 0.2) is 66.7 Å². The fourth-order valence-electron chi connectivity index (χ4n) is 2.90. The predicted octanol–water partition coefficient (Wildman–Crippen LogP) is 3.90. The summed E-state index contributed by atoms with van der Waals surface area (Å²) < 4.78 is 5.29. The Bertz CT molecular complexity index is 1150. The molecule has 1 atom stereocenters. The molecule has 0 saturated carbocycles. The topological polar surface area (TPSA) is 84.1 Å². The molecule has 1 amide bonds. The fourth-order valence-corrected chi connectivity index (χ4v) is 2.90. The van der Waals surface area contributed by atoms with Gasteiger partial charge in [-0.1, -0.05) is 48.5 Å². The molecule has 27 heavy (non-hydrogen) atoms. The van der Waals surface area contributed by atoms with Crippen molar-refractivity contribution >= 4 is 39.2 Å². The van der Waals surface area contributed by atoms with Gasteiger partial charge in [0.15, 0.2) is 11.8 Å². The summed E-state index contributed by atoms with van der Waals surface area (Å²) in [6.45, 7) is 1.53. The van der Waals surface area contributed by atoms with Crippen molar-refractivity contribution in [3.8, 4) is 0 Å². The molecule has 0 unspecified atom stereocenters. The molecule has 134 valence electrons. The third kappa shape index (κ3) is 3.37. The van der Waals surface area contributed by atoms with Gasteiger partial charge in [-0.3, -0.25) is 9.89 Å². The van der Waals surface area contributed by atoms with Gasteiger partial charge in [0, 0.05) is 11.1 Å². The van der Waals surface area contributed by atoms with Gasteiger partial charge in [-0.2, -0.15) is 5.10 Å². The zero-order chi connectivity index (χ0) is 18.8. The van der Waals surface area contributed by atoms with Crippen LogP contribution in [0, 0.1) is 0 Å². The first-order valence-electron chi connectivity index (χ1n) is 8.55. The second-order valence-electron chi connectivity index (χ2n) is 6.22. The van der Waals surface area contributed by atoms with Gasteiger partial charge in [-0.05, 0) is 35.9 Å². The van der Waals surface area contributed by atoms with Gasteiger partial charge in [-0.25, -0.2) is 4.79 Å². The minimum atomic E-state index is -0.959. The summed E-state index contributed by atoms with van der Waals surface area (Å²) in [6, 6.07) is 20.7. The highest BCUT2D eigenvalue weighted by molar-refractivity contribution is 6.03. The van der Waals surface area contributed by atoms with E-state index in [1.54, 1.807) is 6.07 Å². The number of ether oxygens (including phenoxy) is 1. The fraction of sp³-hybridized carbons (Fsp3) is 0.0952. The van der Waals surface area contributed by atoms with E-state index in [1.165, 1.54) is 6.92 Å². The number of carbonyl (C=O) groups excluding carboxylic acids is 2. The standard InChI is InChI=1S/C21H17N3O3/c1-13(27-21(26)19-17-8-4-5-9-18(17)23-24-19)20(25)22-16-11-10-14-6-2-3-7-15(14)12-16/h2-13H,1H3,(H,22,25)(H,23,24)/t13-/m1/s1. The van der Waals surface area contributed by atoms with Crippen LogP contribution < -0.4 is 5.32 Å². The molecule has 1 heterocycles. The van der Waals surface area contributed by atoms with Crippen molar-refractivity contribution in [1.82, 2.24) is 10.2 Å².